The van der Waals surface area contributed by atoms with Gasteiger partial charge in [0, 0.05) is 0 Å². The predicted molar refractivity (Wildman–Crippen MR) is 91.2 cm³/mol. The van der Waals surface area contributed by atoms with Gasteiger partial charge in [0.25, 0.3) is 0 Å². The monoisotopic (exact) mass is 314 g/mol. The van der Waals surface area contributed by atoms with Gasteiger partial charge >= 0.3 is 0 Å². The molecular weight excluding hydrogens is 292 g/mol. The summed E-state index contributed by atoms with van der Waals surface area (Å²) in [5.41, 5.74) is 1.88. The van der Waals surface area contributed by atoms with Crippen LogP contribution in [0.3, 0.4) is 0 Å². The van der Waals surface area contributed by atoms with Crippen LogP contribution in [0.1, 0.15) is 5.56 Å². The van der Waals surface area contributed by atoms with Crippen molar-refractivity contribution in [1.82, 2.24) is 5.32 Å². The van der Waals surface area contributed by atoms with Crippen molar-refractivity contribution in [3.63, 3.8) is 0 Å². The molecule has 1 amide bonds. The number of anilines is 1. The summed E-state index contributed by atoms with van der Waals surface area (Å²) < 4.78 is 10.3. The Bertz CT molecular complexity index is 626. The topological polar surface area (TPSA) is 59.6 Å². The molecule has 2 aromatic carbocycles. The third-order valence-corrected chi connectivity index (χ3v) is 3.42. The van der Waals surface area contributed by atoms with E-state index in [1.165, 1.54) is 5.56 Å². The van der Waals surface area contributed by atoms with Crippen molar-refractivity contribution in [1.29, 1.82) is 0 Å². The summed E-state index contributed by atoms with van der Waals surface area (Å²) >= 11 is 0. The van der Waals surface area contributed by atoms with Crippen LogP contribution in [0.2, 0.25) is 0 Å². The first kappa shape index (κ1) is 16.8. The van der Waals surface area contributed by atoms with E-state index in [1.54, 1.807) is 14.2 Å². The third kappa shape index (κ3) is 5.30. The molecule has 122 valence electrons. The average molecular weight is 314 g/mol. The van der Waals surface area contributed by atoms with Gasteiger partial charge in [0.2, 0.25) is 5.91 Å². The van der Waals surface area contributed by atoms with Gasteiger partial charge < -0.3 is 20.1 Å². The van der Waals surface area contributed by atoms with E-state index in [4.69, 9.17) is 9.47 Å². The Kier molecular flexibility index (Phi) is 6.44. The molecule has 0 radical (unpaired) electrons. The van der Waals surface area contributed by atoms with Crippen molar-refractivity contribution in [2.75, 3.05) is 32.6 Å². The van der Waals surface area contributed by atoms with Gasteiger partial charge in [-0.2, -0.15) is 0 Å². The number of benzene rings is 2. The molecule has 0 aliphatic carbocycles. The van der Waals surface area contributed by atoms with Crippen molar-refractivity contribution in [2.24, 2.45) is 0 Å². The summed E-state index contributed by atoms with van der Waals surface area (Å²) in [4.78, 5) is 11.9. The largest absolute Gasteiger partial charge is 0.497 e. The number of hydrogen-bond donors (Lipinski definition) is 2. The minimum Gasteiger partial charge on any atom is -0.497 e. The molecule has 5 nitrogen and oxygen atoms in total. The standard InChI is InChI=1S/C18H22N2O3/c1-22-15-9-7-14(8-10-15)11-12-19-13-18(21)20-16-5-3-4-6-17(16)23-2/h3-10,19H,11-13H2,1-2H3,(H,20,21). The Morgan fingerprint density at radius 3 is 2.43 bits per heavy atom. The molecule has 0 saturated heterocycles. The molecule has 0 fully saturated rings. The van der Waals surface area contributed by atoms with Crippen molar-refractivity contribution in [3.05, 3.63) is 54.1 Å². The number of para-hydroxylation sites is 2. The van der Waals surface area contributed by atoms with Crippen LogP contribution in [0.25, 0.3) is 0 Å². The zero-order valence-corrected chi connectivity index (χ0v) is 13.5. The first-order valence-electron chi connectivity index (χ1n) is 7.49. The number of carbonyl (C=O) groups excluding carboxylic acids is 1. The van der Waals surface area contributed by atoms with Crippen LogP contribution in [-0.2, 0) is 11.2 Å². The SMILES string of the molecule is COc1ccc(CCNCC(=O)Nc2ccccc2OC)cc1. The highest BCUT2D eigenvalue weighted by molar-refractivity contribution is 5.93. The molecule has 0 spiro atoms. The minimum atomic E-state index is -0.0933. The lowest BCUT2D eigenvalue weighted by Crippen LogP contribution is -2.29. The Hall–Kier alpha value is -2.53. The van der Waals surface area contributed by atoms with Crippen molar-refractivity contribution in [2.45, 2.75) is 6.42 Å². The number of amides is 1. The quantitative estimate of drug-likeness (QED) is 0.735. The Balaban J connectivity index is 1.72. The van der Waals surface area contributed by atoms with E-state index >= 15 is 0 Å². The maximum atomic E-state index is 11.9. The van der Waals surface area contributed by atoms with E-state index in [0.717, 1.165) is 18.7 Å². The summed E-state index contributed by atoms with van der Waals surface area (Å²) in [7, 11) is 3.23. The van der Waals surface area contributed by atoms with Gasteiger partial charge in [-0.3, -0.25) is 4.79 Å². The molecule has 0 aliphatic heterocycles. The number of carbonyl (C=O) groups is 1. The Morgan fingerprint density at radius 2 is 1.74 bits per heavy atom. The average Bonchev–Trinajstić information content (AvgIpc) is 2.59. The van der Waals surface area contributed by atoms with E-state index < -0.39 is 0 Å². The number of hydrogen-bond acceptors (Lipinski definition) is 4. The van der Waals surface area contributed by atoms with Crippen LogP contribution < -0.4 is 20.1 Å². The fourth-order valence-electron chi connectivity index (χ4n) is 2.17. The summed E-state index contributed by atoms with van der Waals surface area (Å²) in [5.74, 6) is 1.40. The smallest absolute Gasteiger partial charge is 0.238 e. The maximum absolute atomic E-state index is 11.9. The first-order valence-corrected chi connectivity index (χ1v) is 7.49. The van der Waals surface area contributed by atoms with Crippen molar-refractivity contribution in [3.8, 4) is 11.5 Å². The zero-order valence-electron chi connectivity index (χ0n) is 13.5. The maximum Gasteiger partial charge on any atom is 0.238 e. The molecule has 2 aromatic rings. The molecule has 0 heterocycles. The second kappa shape index (κ2) is 8.80. The van der Waals surface area contributed by atoms with E-state index in [9.17, 15) is 4.79 Å². The summed E-state index contributed by atoms with van der Waals surface area (Å²) in [6.07, 6.45) is 0.853. The van der Waals surface area contributed by atoms with Crippen molar-refractivity contribution >= 4 is 11.6 Å². The van der Waals surface area contributed by atoms with E-state index in [2.05, 4.69) is 10.6 Å². The molecular formula is C18H22N2O3. The highest BCUT2D eigenvalue weighted by Crippen LogP contribution is 2.22. The summed E-state index contributed by atoms with van der Waals surface area (Å²) in [5, 5.41) is 5.97. The van der Waals surface area contributed by atoms with E-state index in [-0.39, 0.29) is 12.5 Å². The van der Waals surface area contributed by atoms with Gasteiger partial charge in [-0.1, -0.05) is 24.3 Å². The van der Waals surface area contributed by atoms with Gasteiger partial charge in [-0.05, 0) is 42.8 Å². The van der Waals surface area contributed by atoms with Crippen LogP contribution in [0.15, 0.2) is 48.5 Å². The lowest BCUT2D eigenvalue weighted by atomic mass is 10.1. The highest BCUT2D eigenvalue weighted by atomic mass is 16.5. The molecule has 0 atom stereocenters. The molecule has 0 unspecified atom stereocenters. The molecule has 2 rings (SSSR count). The fraction of sp³-hybridized carbons (Fsp3) is 0.278. The Morgan fingerprint density at radius 1 is 1.00 bits per heavy atom. The van der Waals surface area contributed by atoms with Gasteiger partial charge in [0.15, 0.2) is 0 Å². The Labute approximate surface area is 136 Å². The van der Waals surface area contributed by atoms with Crippen LogP contribution >= 0.6 is 0 Å². The lowest BCUT2D eigenvalue weighted by Gasteiger charge is -2.10. The normalized spacial score (nSPS) is 10.2. The highest BCUT2D eigenvalue weighted by Gasteiger charge is 2.06. The molecule has 0 aliphatic rings. The number of rotatable bonds is 8. The third-order valence-electron chi connectivity index (χ3n) is 3.42. The number of methoxy groups -OCH3 is 2. The molecule has 0 saturated carbocycles. The minimum absolute atomic E-state index is 0.0933. The molecule has 23 heavy (non-hydrogen) atoms. The second-order valence-corrected chi connectivity index (χ2v) is 5.02. The van der Waals surface area contributed by atoms with Gasteiger partial charge in [-0.25, -0.2) is 0 Å². The lowest BCUT2D eigenvalue weighted by molar-refractivity contribution is -0.115. The number of ether oxygens (including phenoxy) is 2. The van der Waals surface area contributed by atoms with Gasteiger partial charge in [0.1, 0.15) is 11.5 Å². The van der Waals surface area contributed by atoms with E-state index in [1.807, 2.05) is 48.5 Å². The first-order chi connectivity index (χ1) is 11.2. The fourth-order valence-corrected chi connectivity index (χ4v) is 2.17. The second-order valence-electron chi connectivity index (χ2n) is 5.02. The van der Waals surface area contributed by atoms with Gasteiger partial charge in [0.05, 0.1) is 26.5 Å². The van der Waals surface area contributed by atoms with Crippen LogP contribution in [0.5, 0.6) is 11.5 Å². The summed E-state index contributed by atoms with van der Waals surface area (Å²) in [6.45, 7) is 0.986. The van der Waals surface area contributed by atoms with Gasteiger partial charge in [-0.15, -0.1) is 0 Å². The molecule has 0 aromatic heterocycles. The van der Waals surface area contributed by atoms with E-state index in [0.29, 0.717) is 11.4 Å². The van der Waals surface area contributed by atoms with Crippen molar-refractivity contribution < 1.29 is 14.3 Å². The zero-order chi connectivity index (χ0) is 16.5. The number of nitrogens with one attached hydrogen (secondary N) is 2. The van der Waals surface area contributed by atoms with Crippen LogP contribution in [0, 0.1) is 0 Å². The molecule has 0 bridgehead atoms. The summed E-state index contributed by atoms with van der Waals surface area (Å²) in [6, 6.07) is 15.3. The molecule has 2 N–H and O–H groups in total. The predicted octanol–water partition coefficient (Wildman–Crippen LogP) is 2.47. The van der Waals surface area contributed by atoms with Crippen LogP contribution in [-0.4, -0.2) is 33.2 Å². The molecule has 5 heteroatoms. The van der Waals surface area contributed by atoms with Crippen LogP contribution in [0.4, 0.5) is 5.69 Å².